The number of hydrogen-bond donors (Lipinski definition) is 2. The van der Waals surface area contributed by atoms with E-state index in [1.54, 1.807) is 19.2 Å². The van der Waals surface area contributed by atoms with Gasteiger partial charge in [-0.25, -0.2) is 13.1 Å². The molecule has 0 aliphatic rings. The van der Waals surface area contributed by atoms with Gasteiger partial charge >= 0.3 is 0 Å². The smallest absolute Gasteiger partial charge is 0.228 e. The monoisotopic (exact) mass is 257 g/mol. The standard InChI is InChI=1S/C9H15N5O2S/c1-2-9(5-10)17(15,16)13-3-4-14-7-8(11)6-12-14/h6-7,9,13H,2-4,11H2,1H3. The van der Waals surface area contributed by atoms with Gasteiger partial charge in [-0.1, -0.05) is 6.92 Å². The van der Waals surface area contributed by atoms with Crippen LogP contribution < -0.4 is 10.5 Å². The molecule has 1 aromatic rings. The summed E-state index contributed by atoms with van der Waals surface area (Å²) >= 11 is 0. The molecular formula is C9H15N5O2S. The van der Waals surface area contributed by atoms with E-state index in [0.29, 0.717) is 12.2 Å². The van der Waals surface area contributed by atoms with Crippen LogP contribution in [0.2, 0.25) is 0 Å². The van der Waals surface area contributed by atoms with Crippen molar-refractivity contribution < 1.29 is 8.42 Å². The molecule has 1 rings (SSSR count). The van der Waals surface area contributed by atoms with Crippen molar-refractivity contribution in [3.8, 4) is 6.07 Å². The van der Waals surface area contributed by atoms with E-state index in [0.717, 1.165) is 0 Å². The lowest BCUT2D eigenvalue weighted by molar-refractivity contribution is 0.554. The highest BCUT2D eigenvalue weighted by molar-refractivity contribution is 7.90. The second-order valence-corrected chi connectivity index (χ2v) is 5.45. The first-order valence-corrected chi connectivity index (χ1v) is 6.70. The molecule has 0 aromatic carbocycles. The van der Waals surface area contributed by atoms with Crippen molar-refractivity contribution in [3.05, 3.63) is 12.4 Å². The summed E-state index contributed by atoms with van der Waals surface area (Å²) in [5.74, 6) is 0. The fraction of sp³-hybridized carbons (Fsp3) is 0.556. The van der Waals surface area contributed by atoms with Gasteiger partial charge in [0.25, 0.3) is 0 Å². The first-order chi connectivity index (χ1) is 7.99. The number of anilines is 1. The number of nitrogen functional groups attached to an aromatic ring is 1. The Labute approximate surface area is 100 Å². The highest BCUT2D eigenvalue weighted by atomic mass is 32.2. The number of nitrogens with zero attached hydrogens (tertiary/aromatic N) is 3. The van der Waals surface area contributed by atoms with Crippen LogP contribution in [-0.2, 0) is 16.6 Å². The molecule has 1 aromatic heterocycles. The van der Waals surface area contributed by atoms with Crippen molar-refractivity contribution in [3.63, 3.8) is 0 Å². The lowest BCUT2D eigenvalue weighted by atomic mass is 10.4. The van der Waals surface area contributed by atoms with Gasteiger partial charge in [0.1, 0.15) is 0 Å². The van der Waals surface area contributed by atoms with Crippen LogP contribution in [0.3, 0.4) is 0 Å². The van der Waals surface area contributed by atoms with Gasteiger partial charge in [-0.3, -0.25) is 4.68 Å². The van der Waals surface area contributed by atoms with Gasteiger partial charge in [0.05, 0.1) is 24.5 Å². The minimum absolute atomic E-state index is 0.182. The predicted octanol–water partition coefficient (Wildman–Crippen LogP) is -0.313. The van der Waals surface area contributed by atoms with E-state index in [4.69, 9.17) is 11.0 Å². The van der Waals surface area contributed by atoms with Gasteiger partial charge in [0.15, 0.2) is 5.25 Å². The van der Waals surface area contributed by atoms with Crippen molar-refractivity contribution in [1.82, 2.24) is 14.5 Å². The molecular weight excluding hydrogens is 242 g/mol. The number of aromatic nitrogens is 2. The maximum absolute atomic E-state index is 11.6. The average Bonchev–Trinajstić information content (AvgIpc) is 2.65. The lowest BCUT2D eigenvalue weighted by Gasteiger charge is -2.09. The third kappa shape index (κ3) is 3.72. The third-order valence-electron chi connectivity index (χ3n) is 2.19. The van der Waals surface area contributed by atoms with E-state index in [1.165, 1.54) is 10.9 Å². The molecule has 0 aliphatic heterocycles. The van der Waals surface area contributed by atoms with Gasteiger partial charge in [0, 0.05) is 12.7 Å². The summed E-state index contributed by atoms with van der Waals surface area (Å²) in [6.07, 6.45) is 3.36. The Hall–Kier alpha value is -1.59. The molecule has 0 radical (unpaired) electrons. The molecule has 7 nitrogen and oxygen atoms in total. The van der Waals surface area contributed by atoms with Crippen LogP contribution in [0.15, 0.2) is 12.4 Å². The van der Waals surface area contributed by atoms with Crippen LogP contribution in [0, 0.1) is 11.3 Å². The molecule has 0 bridgehead atoms. The second kappa shape index (κ2) is 5.65. The number of hydrogen-bond acceptors (Lipinski definition) is 5. The quantitative estimate of drug-likeness (QED) is 0.725. The molecule has 17 heavy (non-hydrogen) atoms. The van der Waals surface area contributed by atoms with Crippen LogP contribution in [0.1, 0.15) is 13.3 Å². The Morgan fingerprint density at radius 1 is 1.71 bits per heavy atom. The minimum atomic E-state index is -3.57. The fourth-order valence-corrected chi connectivity index (χ4v) is 2.44. The SMILES string of the molecule is CCC(C#N)S(=O)(=O)NCCn1cc(N)cn1. The van der Waals surface area contributed by atoms with Crippen molar-refractivity contribution >= 4 is 15.7 Å². The molecule has 0 aliphatic carbocycles. The Balaban J connectivity index is 2.49. The Morgan fingerprint density at radius 2 is 2.41 bits per heavy atom. The molecule has 1 heterocycles. The third-order valence-corrected chi connectivity index (χ3v) is 3.98. The Morgan fingerprint density at radius 3 is 2.88 bits per heavy atom. The molecule has 1 unspecified atom stereocenters. The summed E-state index contributed by atoms with van der Waals surface area (Å²) in [6.45, 7) is 2.21. The highest BCUT2D eigenvalue weighted by Gasteiger charge is 2.22. The average molecular weight is 257 g/mol. The van der Waals surface area contributed by atoms with E-state index < -0.39 is 15.3 Å². The topological polar surface area (TPSA) is 114 Å². The molecule has 0 amide bonds. The molecule has 3 N–H and O–H groups in total. The van der Waals surface area contributed by atoms with E-state index in [9.17, 15) is 8.42 Å². The van der Waals surface area contributed by atoms with E-state index in [2.05, 4.69) is 9.82 Å². The van der Waals surface area contributed by atoms with E-state index in [1.807, 2.05) is 0 Å². The maximum Gasteiger partial charge on any atom is 0.228 e. The second-order valence-electron chi connectivity index (χ2n) is 3.50. The number of sulfonamides is 1. The summed E-state index contributed by atoms with van der Waals surface area (Å²) in [6, 6.07) is 1.75. The largest absolute Gasteiger partial charge is 0.396 e. The lowest BCUT2D eigenvalue weighted by Crippen LogP contribution is -2.35. The summed E-state index contributed by atoms with van der Waals surface area (Å²) in [5.41, 5.74) is 5.99. The first-order valence-electron chi connectivity index (χ1n) is 5.15. The fourth-order valence-electron chi connectivity index (χ4n) is 1.28. The summed E-state index contributed by atoms with van der Waals surface area (Å²) in [4.78, 5) is 0. The maximum atomic E-state index is 11.6. The molecule has 0 spiro atoms. The normalized spacial score (nSPS) is 13.2. The predicted molar refractivity (Wildman–Crippen MR) is 63.3 cm³/mol. The highest BCUT2D eigenvalue weighted by Crippen LogP contribution is 2.02. The molecule has 0 saturated carbocycles. The van der Waals surface area contributed by atoms with Crippen LogP contribution in [0.5, 0.6) is 0 Å². The number of rotatable bonds is 6. The van der Waals surface area contributed by atoms with Gasteiger partial charge < -0.3 is 5.73 Å². The summed E-state index contributed by atoms with van der Waals surface area (Å²) in [7, 11) is -3.57. The van der Waals surface area contributed by atoms with Crippen LogP contribution >= 0.6 is 0 Å². The van der Waals surface area contributed by atoms with E-state index in [-0.39, 0.29) is 13.0 Å². The van der Waals surface area contributed by atoms with Gasteiger partial charge in [0.2, 0.25) is 10.0 Å². The van der Waals surface area contributed by atoms with Gasteiger partial charge in [-0.15, -0.1) is 0 Å². The van der Waals surface area contributed by atoms with Crippen molar-refractivity contribution in [2.24, 2.45) is 0 Å². The van der Waals surface area contributed by atoms with Gasteiger partial charge in [-0.05, 0) is 6.42 Å². The number of nitriles is 1. The van der Waals surface area contributed by atoms with Gasteiger partial charge in [-0.2, -0.15) is 10.4 Å². The zero-order valence-electron chi connectivity index (χ0n) is 9.50. The zero-order chi connectivity index (χ0) is 12.9. The Bertz CT molecular complexity index is 502. The molecule has 0 fully saturated rings. The first kappa shape index (κ1) is 13.5. The molecule has 94 valence electrons. The summed E-state index contributed by atoms with van der Waals surface area (Å²) < 4.78 is 27.1. The number of nitrogens with one attached hydrogen (secondary N) is 1. The zero-order valence-corrected chi connectivity index (χ0v) is 10.3. The van der Waals surface area contributed by atoms with Crippen molar-refractivity contribution in [1.29, 1.82) is 5.26 Å². The Kier molecular flexibility index (Phi) is 4.48. The van der Waals surface area contributed by atoms with Crippen LogP contribution in [0.25, 0.3) is 0 Å². The summed E-state index contributed by atoms with van der Waals surface area (Å²) in [5, 5.41) is 11.6. The van der Waals surface area contributed by atoms with Crippen LogP contribution in [-0.4, -0.2) is 30.0 Å². The van der Waals surface area contributed by atoms with Crippen LogP contribution in [0.4, 0.5) is 5.69 Å². The van der Waals surface area contributed by atoms with E-state index >= 15 is 0 Å². The molecule has 0 saturated heterocycles. The van der Waals surface area contributed by atoms with Crippen molar-refractivity contribution in [2.75, 3.05) is 12.3 Å². The molecule has 8 heteroatoms. The minimum Gasteiger partial charge on any atom is -0.396 e. The van der Waals surface area contributed by atoms with Crippen molar-refractivity contribution in [2.45, 2.75) is 25.1 Å². The molecule has 1 atom stereocenters. The number of nitrogens with two attached hydrogens (primary N) is 1.